The summed E-state index contributed by atoms with van der Waals surface area (Å²) in [4.78, 5) is 15.5. The zero-order valence-electron chi connectivity index (χ0n) is 10.3. The van der Waals surface area contributed by atoms with Gasteiger partial charge in [0.1, 0.15) is 0 Å². The molecule has 1 unspecified atom stereocenters. The van der Waals surface area contributed by atoms with E-state index in [2.05, 4.69) is 44.1 Å². The molecule has 0 aromatic heterocycles. The van der Waals surface area contributed by atoms with Crippen LogP contribution in [0.1, 0.15) is 24.1 Å². The Hall–Kier alpha value is -1.35. The van der Waals surface area contributed by atoms with Crippen molar-refractivity contribution in [1.29, 1.82) is 0 Å². The summed E-state index contributed by atoms with van der Waals surface area (Å²) in [5.74, 6) is 0.185. The number of nitrogens with zero attached hydrogens (tertiary/aromatic N) is 2. The van der Waals surface area contributed by atoms with Crippen LogP contribution in [0, 0.1) is 0 Å². The Morgan fingerprint density at radius 3 is 2.69 bits per heavy atom. The van der Waals surface area contributed by atoms with Crippen LogP contribution in [0.2, 0.25) is 0 Å². The number of anilines is 1. The second-order valence-corrected chi connectivity index (χ2v) is 4.66. The van der Waals surface area contributed by atoms with Crippen LogP contribution >= 0.6 is 0 Å². The van der Waals surface area contributed by atoms with E-state index in [0.717, 1.165) is 11.3 Å². The predicted molar refractivity (Wildman–Crippen MR) is 65.7 cm³/mol. The fourth-order valence-electron chi connectivity index (χ4n) is 2.05. The maximum Gasteiger partial charge on any atom is 0.231 e. The Balaban J connectivity index is 2.35. The lowest BCUT2D eigenvalue weighted by Crippen LogP contribution is -2.20. The van der Waals surface area contributed by atoms with Gasteiger partial charge in [-0.15, -0.1) is 0 Å². The first-order valence-corrected chi connectivity index (χ1v) is 5.56. The van der Waals surface area contributed by atoms with Crippen LogP contribution in [0.25, 0.3) is 0 Å². The van der Waals surface area contributed by atoms with E-state index in [4.69, 9.17) is 0 Å². The van der Waals surface area contributed by atoms with Crippen molar-refractivity contribution in [3.8, 4) is 0 Å². The van der Waals surface area contributed by atoms with Gasteiger partial charge in [-0.05, 0) is 38.2 Å². The van der Waals surface area contributed by atoms with Crippen molar-refractivity contribution in [2.45, 2.75) is 19.4 Å². The fourth-order valence-corrected chi connectivity index (χ4v) is 2.05. The summed E-state index contributed by atoms with van der Waals surface area (Å²) in [5, 5.41) is 0. The summed E-state index contributed by atoms with van der Waals surface area (Å²) >= 11 is 0. The third-order valence-corrected chi connectivity index (χ3v) is 3.44. The Labute approximate surface area is 96.7 Å². The zero-order valence-corrected chi connectivity index (χ0v) is 10.3. The molecule has 1 aliphatic rings. The number of carbonyl (C=O) groups excluding carboxylic acids is 1. The number of amides is 1. The number of carbonyl (C=O) groups is 1. The van der Waals surface area contributed by atoms with Gasteiger partial charge in [0, 0.05) is 18.8 Å². The predicted octanol–water partition coefficient (Wildman–Crippen LogP) is 1.83. The molecule has 0 saturated carbocycles. The van der Waals surface area contributed by atoms with Crippen LogP contribution in [0.3, 0.4) is 0 Å². The average Bonchev–Trinajstić information content (AvgIpc) is 2.53. The van der Waals surface area contributed by atoms with Crippen LogP contribution in [0.4, 0.5) is 5.69 Å². The number of rotatable bonds is 2. The minimum Gasteiger partial charge on any atom is -0.315 e. The molecule has 0 bridgehead atoms. The molecule has 0 saturated heterocycles. The Morgan fingerprint density at radius 1 is 1.38 bits per heavy atom. The molecule has 1 heterocycles. The minimum absolute atomic E-state index is 0.185. The van der Waals surface area contributed by atoms with Gasteiger partial charge in [-0.25, -0.2) is 0 Å². The lowest BCUT2D eigenvalue weighted by molar-refractivity contribution is -0.117. The molecule has 3 heteroatoms. The van der Waals surface area contributed by atoms with Gasteiger partial charge in [0.05, 0.1) is 6.42 Å². The van der Waals surface area contributed by atoms with Crippen LogP contribution in [-0.2, 0) is 11.2 Å². The standard InChI is InChI=1S/C13H18N2O/c1-9(14(2)3)10-5-6-12-11(7-10)8-13(16)15(12)4/h5-7,9H,8H2,1-4H3. The van der Waals surface area contributed by atoms with E-state index in [-0.39, 0.29) is 5.91 Å². The van der Waals surface area contributed by atoms with Crippen LogP contribution in [0.5, 0.6) is 0 Å². The van der Waals surface area contributed by atoms with Crippen molar-refractivity contribution < 1.29 is 4.79 Å². The first-order chi connectivity index (χ1) is 7.50. The van der Waals surface area contributed by atoms with Gasteiger partial charge in [-0.1, -0.05) is 12.1 Å². The van der Waals surface area contributed by atoms with E-state index in [9.17, 15) is 4.79 Å². The summed E-state index contributed by atoms with van der Waals surface area (Å²) in [6, 6.07) is 6.70. The highest BCUT2D eigenvalue weighted by Gasteiger charge is 2.24. The molecule has 0 N–H and O–H groups in total. The summed E-state index contributed by atoms with van der Waals surface area (Å²) in [7, 11) is 5.97. The number of fused-ring (bicyclic) bond motifs is 1. The summed E-state index contributed by atoms with van der Waals surface area (Å²) in [5.41, 5.74) is 3.48. The highest BCUT2D eigenvalue weighted by molar-refractivity contribution is 6.00. The van der Waals surface area contributed by atoms with E-state index in [1.807, 2.05) is 7.05 Å². The Kier molecular flexibility index (Phi) is 2.72. The molecule has 2 rings (SSSR count). The summed E-state index contributed by atoms with van der Waals surface area (Å²) in [6.45, 7) is 2.17. The molecule has 0 spiro atoms. The molecule has 16 heavy (non-hydrogen) atoms. The number of hydrogen-bond donors (Lipinski definition) is 0. The molecule has 1 aromatic carbocycles. The van der Waals surface area contributed by atoms with E-state index in [0.29, 0.717) is 12.5 Å². The Morgan fingerprint density at radius 2 is 2.06 bits per heavy atom. The van der Waals surface area contributed by atoms with E-state index >= 15 is 0 Å². The van der Waals surface area contributed by atoms with Gasteiger partial charge >= 0.3 is 0 Å². The third-order valence-electron chi connectivity index (χ3n) is 3.44. The number of benzene rings is 1. The molecule has 1 atom stereocenters. The molecule has 1 amide bonds. The van der Waals surface area contributed by atoms with Gasteiger partial charge < -0.3 is 9.80 Å². The zero-order chi connectivity index (χ0) is 11.9. The maximum atomic E-state index is 11.6. The van der Waals surface area contributed by atoms with Crippen molar-refractivity contribution in [2.75, 3.05) is 26.0 Å². The van der Waals surface area contributed by atoms with E-state index in [1.165, 1.54) is 5.56 Å². The summed E-state index contributed by atoms with van der Waals surface area (Å²) in [6.07, 6.45) is 0.541. The molecular weight excluding hydrogens is 200 g/mol. The average molecular weight is 218 g/mol. The second kappa shape index (κ2) is 3.91. The van der Waals surface area contributed by atoms with Gasteiger partial charge in [-0.3, -0.25) is 4.79 Å². The number of likely N-dealkylation sites (N-methyl/N-ethyl adjacent to an activating group) is 1. The van der Waals surface area contributed by atoms with Crippen LogP contribution < -0.4 is 4.90 Å². The highest BCUT2D eigenvalue weighted by atomic mass is 16.2. The maximum absolute atomic E-state index is 11.6. The number of hydrogen-bond acceptors (Lipinski definition) is 2. The highest BCUT2D eigenvalue weighted by Crippen LogP contribution is 2.30. The first-order valence-electron chi connectivity index (χ1n) is 5.56. The van der Waals surface area contributed by atoms with E-state index in [1.54, 1.807) is 4.90 Å². The first kappa shape index (κ1) is 11.1. The third kappa shape index (κ3) is 1.71. The monoisotopic (exact) mass is 218 g/mol. The molecule has 0 radical (unpaired) electrons. The van der Waals surface area contributed by atoms with Crippen molar-refractivity contribution in [3.63, 3.8) is 0 Å². The minimum atomic E-state index is 0.185. The largest absolute Gasteiger partial charge is 0.315 e. The van der Waals surface area contributed by atoms with Gasteiger partial charge in [0.2, 0.25) is 5.91 Å². The topological polar surface area (TPSA) is 23.6 Å². The quantitative estimate of drug-likeness (QED) is 0.756. The van der Waals surface area contributed by atoms with Gasteiger partial charge in [-0.2, -0.15) is 0 Å². The van der Waals surface area contributed by atoms with Crippen molar-refractivity contribution >= 4 is 11.6 Å². The lowest BCUT2D eigenvalue weighted by Gasteiger charge is -2.21. The fraction of sp³-hybridized carbons (Fsp3) is 0.462. The summed E-state index contributed by atoms with van der Waals surface area (Å²) < 4.78 is 0. The molecule has 0 aliphatic carbocycles. The Bertz CT molecular complexity index is 426. The van der Waals surface area contributed by atoms with Crippen LogP contribution in [-0.4, -0.2) is 32.0 Å². The molecule has 86 valence electrons. The molecule has 3 nitrogen and oxygen atoms in total. The normalized spacial score (nSPS) is 16.8. The van der Waals surface area contributed by atoms with Gasteiger partial charge in [0.15, 0.2) is 0 Å². The van der Waals surface area contributed by atoms with Crippen LogP contribution in [0.15, 0.2) is 18.2 Å². The molecular formula is C13H18N2O. The smallest absolute Gasteiger partial charge is 0.231 e. The van der Waals surface area contributed by atoms with Gasteiger partial charge in [0.25, 0.3) is 0 Å². The molecule has 1 aromatic rings. The van der Waals surface area contributed by atoms with Crippen molar-refractivity contribution in [3.05, 3.63) is 29.3 Å². The lowest BCUT2D eigenvalue weighted by atomic mass is 10.0. The SMILES string of the molecule is CC(c1ccc2c(c1)CC(=O)N2C)N(C)C. The second-order valence-electron chi connectivity index (χ2n) is 4.66. The van der Waals surface area contributed by atoms with Crippen molar-refractivity contribution in [2.24, 2.45) is 0 Å². The molecule has 0 fully saturated rings. The van der Waals surface area contributed by atoms with E-state index < -0.39 is 0 Å². The van der Waals surface area contributed by atoms with Crippen molar-refractivity contribution in [1.82, 2.24) is 4.90 Å². The molecule has 1 aliphatic heterocycles.